The summed E-state index contributed by atoms with van der Waals surface area (Å²) in [4.78, 5) is 14.4. The average Bonchev–Trinajstić information content (AvgIpc) is 3.03. The van der Waals surface area contributed by atoms with Crippen molar-refractivity contribution in [2.24, 2.45) is 52.3 Å². The molecular formula is C28H47NO. The number of likely N-dealkylation sites (N-methyl/N-ethyl adjacent to an activating group) is 1. The minimum atomic E-state index is 0.169. The maximum absolute atomic E-state index is 12.4. The lowest BCUT2D eigenvalue weighted by atomic mass is 9.45. The van der Waals surface area contributed by atoms with Gasteiger partial charge >= 0.3 is 0 Å². The normalized spacial score (nSPS) is 46.5. The molecule has 1 unspecified atom stereocenters. The Kier molecular flexibility index (Phi) is 5.95. The molecule has 0 radical (unpaired) electrons. The lowest BCUT2D eigenvalue weighted by Crippen LogP contribution is -2.61. The van der Waals surface area contributed by atoms with Crippen LogP contribution in [-0.2, 0) is 4.79 Å². The van der Waals surface area contributed by atoms with E-state index in [1.54, 1.807) is 0 Å². The van der Waals surface area contributed by atoms with Crippen molar-refractivity contribution in [1.29, 1.82) is 0 Å². The third kappa shape index (κ3) is 3.39. The van der Waals surface area contributed by atoms with E-state index in [2.05, 4.69) is 52.5 Å². The number of amides is 1. The quantitative estimate of drug-likeness (QED) is 0.477. The highest BCUT2D eigenvalue weighted by Crippen LogP contribution is 2.67. The predicted octanol–water partition coefficient (Wildman–Crippen LogP) is 6.95. The van der Waals surface area contributed by atoms with Gasteiger partial charge in [-0.3, -0.25) is 4.79 Å². The Bertz CT molecular complexity index is 682. The van der Waals surface area contributed by atoms with Crippen LogP contribution in [-0.4, -0.2) is 23.9 Å². The fraction of sp³-hybridized carbons (Fsp3) is 0.893. The average molecular weight is 414 g/mol. The van der Waals surface area contributed by atoms with Crippen LogP contribution in [0, 0.1) is 52.3 Å². The molecule has 0 aromatic rings. The van der Waals surface area contributed by atoms with Crippen LogP contribution in [0.15, 0.2) is 12.2 Å². The number of fused-ring (bicyclic) bond motifs is 5. The van der Waals surface area contributed by atoms with Crippen LogP contribution < -0.4 is 0 Å². The maximum Gasteiger partial charge on any atom is 0.246 e. The largest absolute Gasteiger partial charge is 0.338 e. The number of carbonyl (C=O) groups is 1. The predicted molar refractivity (Wildman–Crippen MR) is 126 cm³/mol. The van der Waals surface area contributed by atoms with Gasteiger partial charge in [-0.05, 0) is 85.0 Å². The molecule has 0 N–H and O–H groups in total. The molecular weight excluding hydrogens is 366 g/mol. The van der Waals surface area contributed by atoms with Crippen molar-refractivity contribution in [3.63, 3.8) is 0 Å². The molecule has 2 nitrogen and oxygen atoms in total. The van der Waals surface area contributed by atoms with E-state index in [4.69, 9.17) is 0 Å². The van der Waals surface area contributed by atoms with Crippen molar-refractivity contribution < 1.29 is 4.79 Å². The lowest BCUT2D eigenvalue weighted by Gasteiger charge is -2.62. The van der Waals surface area contributed by atoms with E-state index < -0.39 is 0 Å². The van der Waals surface area contributed by atoms with E-state index in [-0.39, 0.29) is 11.3 Å². The third-order valence-electron chi connectivity index (χ3n) is 10.7. The van der Waals surface area contributed by atoms with E-state index in [0.29, 0.717) is 11.5 Å². The molecule has 170 valence electrons. The van der Waals surface area contributed by atoms with Gasteiger partial charge in [-0.15, -0.1) is 0 Å². The Hall–Kier alpha value is -0.790. The summed E-state index contributed by atoms with van der Waals surface area (Å²) in [7, 11) is 2.04. The second kappa shape index (κ2) is 7.96. The maximum atomic E-state index is 12.4. The molecule has 3 aliphatic carbocycles. The van der Waals surface area contributed by atoms with Gasteiger partial charge in [0.05, 0.1) is 0 Å². The molecule has 3 fully saturated rings. The highest BCUT2D eigenvalue weighted by molar-refractivity contribution is 5.89. The van der Waals surface area contributed by atoms with Gasteiger partial charge in [-0.1, -0.05) is 66.9 Å². The van der Waals surface area contributed by atoms with E-state index >= 15 is 0 Å². The molecule has 1 amide bonds. The van der Waals surface area contributed by atoms with E-state index in [9.17, 15) is 4.79 Å². The highest BCUT2D eigenvalue weighted by Gasteiger charge is 2.62. The summed E-state index contributed by atoms with van der Waals surface area (Å²) in [6, 6.07) is 0.391. The number of hydrogen-bond donors (Lipinski definition) is 0. The highest BCUT2D eigenvalue weighted by atomic mass is 16.2. The third-order valence-corrected chi connectivity index (χ3v) is 10.7. The van der Waals surface area contributed by atoms with Crippen molar-refractivity contribution in [3.8, 4) is 0 Å². The standard InChI is InChI=1S/C28H47NO/c1-18(2)9-8-10-19(3)21-11-12-22-26-20(4)17-24-28(6,16-14-25(30)29(24)7)23(26)13-15-27(21,22)5/h14,16,18-24,26H,8-13,15,17H2,1-7H3/t19-,20+,21-,22+,23+,24?,26+,27-,28-/m1/s1. The molecule has 4 aliphatic rings. The van der Waals surface area contributed by atoms with Crippen LogP contribution in [0.25, 0.3) is 0 Å². The van der Waals surface area contributed by atoms with Gasteiger partial charge in [-0.2, -0.15) is 0 Å². The van der Waals surface area contributed by atoms with Gasteiger partial charge in [0.25, 0.3) is 0 Å². The molecule has 1 heterocycles. The molecule has 0 bridgehead atoms. The summed E-state index contributed by atoms with van der Waals surface area (Å²) < 4.78 is 0. The Morgan fingerprint density at radius 2 is 1.83 bits per heavy atom. The second-order valence-corrected chi connectivity index (χ2v) is 12.7. The zero-order valence-corrected chi connectivity index (χ0v) is 20.8. The van der Waals surface area contributed by atoms with Gasteiger partial charge in [0.15, 0.2) is 0 Å². The van der Waals surface area contributed by atoms with Crippen LogP contribution in [0.1, 0.15) is 92.9 Å². The summed E-state index contributed by atoms with van der Waals surface area (Å²) in [5.41, 5.74) is 0.706. The van der Waals surface area contributed by atoms with Crippen molar-refractivity contribution in [1.82, 2.24) is 4.90 Å². The van der Waals surface area contributed by atoms with Gasteiger partial charge in [0, 0.05) is 18.5 Å². The topological polar surface area (TPSA) is 20.3 Å². The van der Waals surface area contributed by atoms with Crippen molar-refractivity contribution in [2.75, 3.05) is 7.05 Å². The number of hydrogen-bond acceptors (Lipinski definition) is 1. The fourth-order valence-corrected chi connectivity index (χ4v) is 9.08. The van der Waals surface area contributed by atoms with Gasteiger partial charge in [-0.25, -0.2) is 0 Å². The van der Waals surface area contributed by atoms with Crippen molar-refractivity contribution in [2.45, 2.75) is 99.0 Å². The van der Waals surface area contributed by atoms with E-state index in [1.807, 2.05) is 13.1 Å². The Morgan fingerprint density at radius 1 is 1.10 bits per heavy atom. The molecule has 0 spiro atoms. The monoisotopic (exact) mass is 413 g/mol. The molecule has 0 aromatic carbocycles. The Morgan fingerprint density at radius 3 is 2.53 bits per heavy atom. The first kappa shape index (κ1) is 22.4. The fourth-order valence-electron chi connectivity index (χ4n) is 9.08. The van der Waals surface area contributed by atoms with E-state index in [1.165, 1.54) is 51.4 Å². The molecule has 3 saturated carbocycles. The van der Waals surface area contributed by atoms with Gasteiger partial charge < -0.3 is 4.90 Å². The van der Waals surface area contributed by atoms with E-state index in [0.717, 1.165) is 41.4 Å². The first-order valence-corrected chi connectivity index (χ1v) is 13.1. The Labute approximate surface area is 186 Å². The zero-order chi connectivity index (χ0) is 21.8. The first-order valence-electron chi connectivity index (χ1n) is 13.1. The lowest BCUT2D eigenvalue weighted by molar-refractivity contribution is -0.145. The number of nitrogens with zero attached hydrogens (tertiary/aromatic N) is 1. The van der Waals surface area contributed by atoms with Crippen molar-refractivity contribution >= 4 is 5.91 Å². The second-order valence-electron chi connectivity index (χ2n) is 12.7. The molecule has 2 heteroatoms. The number of carbonyl (C=O) groups excluding carboxylic acids is 1. The summed E-state index contributed by atoms with van der Waals surface area (Å²) in [5, 5.41) is 0. The molecule has 4 rings (SSSR count). The first-order chi connectivity index (χ1) is 14.1. The Balaban J connectivity index is 1.55. The smallest absolute Gasteiger partial charge is 0.246 e. The minimum Gasteiger partial charge on any atom is -0.338 e. The van der Waals surface area contributed by atoms with Crippen LogP contribution in [0.4, 0.5) is 0 Å². The SMILES string of the molecule is CC(C)CCC[C@@H](C)[C@H]1CC[C@H]2[C@@H]3[C@@H](C)CC4N(C)C(=O)C=C[C@]4(C)[C@H]3CC[C@]12C. The zero-order valence-electron chi connectivity index (χ0n) is 20.8. The molecule has 9 atom stereocenters. The summed E-state index contributed by atoms with van der Waals surface area (Å²) >= 11 is 0. The van der Waals surface area contributed by atoms with Crippen molar-refractivity contribution in [3.05, 3.63) is 12.2 Å². The summed E-state index contributed by atoms with van der Waals surface area (Å²) in [5.74, 6) is 6.03. The van der Waals surface area contributed by atoms with Crippen LogP contribution >= 0.6 is 0 Å². The summed E-state index contributed by atoms with van der Waals surface area (Å²) in [6.45, 7) is 15.0. The van der Waals surface area contributed by atoms with Crippen LogP contribution in [0.5, 0.6) is 0 Å². The van der Waals surface area contributed by atoms with Crippen LogP contribution in [0.2, 0.25) is 0 Å². The molecule has 1 aliphatic heterocycles. The molecule has 30 heavy (non-hydrogen) atoms. The van der Waals surface area contributed by atoms with Gasteiger partial charge in [0.2, 0.25) is 5.91 Å². The summed E-state index contributed by atoms with van der Waals surface area (Å²) in [6.07, 6.45) is 15.3. The van der Waals surface area contributed by atoms with Gasteiger partial charge in [0.1, 0.15) is 0 Å². The number of rotatable bonds is 5. The minimum absolute atomic E-state index is 0.169. The van der Waals surface area contributed by atoms with Crippen LogP contribution in [0.3, 0.4) is 0 Å². The molecule has 0 aromatic heterocycles. The molecule has 0 saturated heterocycles.